The molecule has 0 unspecified atom stereocenters. The Balaban J connectivity index is 2.59. The molecule has 14 heavy (non-hydrogen) atoms. The lowest BCUT2D eigenvalue weighted by Gasteiger charge is -2.28. The standard InChI is InChI=1S/C10H18N2OS/c1-9(2,13)7-12-10(3,4)8-11-5-6-14-8/h5-6,12-13H,7H2,1-4H3. The molecule has 0 atom stereocenters. The van der Waals surface area contributed by atoms with Gasteiger partial charge in [-0.05, 0) is 27.7 Å². The summed E-state index contributed by atoms with van der Waals surface area (Å²) in [5.41, 5.74) is -0.858. The minimum atomic E-state index is -0.686. The summed E-state index contributed by atoms with van der Waals surface area (Å²) >= 11 is 1.63. The highest BCUT2D eigenvalue weighted by Crippen LogP contribution is 2.22. The van der Waals surface area contributed by atoms with E-state index in [1.54, 1.807) is 31.4 Å². The summed E-state index contributed by atoms with van der Waals surface area (Å²) in [5, 5.41) is 15.9. The fraction of sp³-hybridized carbons (Fsp3) is 0.700. The molecule has 4 heteroatoms. The van der Waals surface area contributed by atoms with E-state index in [0.717, 1.165) is 5.01 Å². The number of thiazole rings is 1. The van der Waals surface area contributed by atoms with Gasteiger partial charge < -0.3 is 10.4 Å². The minimum Gasteiger partial charge on any atom is -0.389 e. The van der Waals surface area contributed by atoms with Crippen LogP contribution in [0.2, 0.25) is 0 Å². The first kappa shape index (κ1) is 11.6. The first-order valence-electron chi connectivity index (χ1n) is 4.69. The Bertz CT molecular complexity index is 275. The molecule has 0 amide bonds. The van der Waals surface area contributed by atoms with Crippen LogP contribution in [0.15, 0.2) is 11.6 Å². The smallest absolute Gasteiger partial charge is 0.112 e. The first-order valence-corrected chi connectivity index (χ1v) is 5.57. The lowest BCUT2D eigenvalue weighted by Crippen LogP contribution is -2.44. The van der Waals surface area contributed by atoms with Crippen LogP contribution in [0.5, 0.6) is 0 Å². The number of hydrogen-bond donors (Lipinski definition) is 2. The van der Waals surface area contributed by atoms with E-state index < -0.39 is 5.60 Å². The summed E-state index contributed by atoms with van der Waals surface area (Å²) in [5.74, 6) is 0. The summed E-state index contributed by atoms with van der Waals surface area (Å²) in [7, 11) is 0. The van der Waals surface area contributed by atoms with Crippen molar-refractivity contribution in [3.8, 4) is 0 Å². The van der Waals surface area contributed by atoms with Gasteiger partial charge in [0, 0.05) is 18.1 Å². The fourth-order valence-corrected chi connectivity index (χ4v) is 1.78. The largest absolute Gasteiger partial charge is 0.389 e. The maximum atomic E-state index is 9.60. The Labute approximate surface area is 89.2 Å². The van der Waals surface area contributed by atoms with Gasteiger partial charge in [-0.3, -0.25) is 0 Å². The second kappa shape index (κ2) is 3.96. The van der Waals surface area contributed by atoms with Crippen molar-refractivity contribution in [3.05, 3.63) is 16.6 Å². The lowest BCUT2D eigenvalue weighted by molar-refractivity contribution is 0.0709. The number of aromatic nitrogens is 1. The van der Waals surface area contributed by atoms with Crippen molar-refractivity contribution in [2.75, 3.05) is 6.54 Å². The molecular formula is C10H18N2OS. The molecular weight excluding hydrogens is 196 g/mol. The molecule has 80 valence electrons. The summed E-state index contributed by atoms with van der Waals surface area (Å²) in [6.45, 7) is 8.27. The number of rotatable bonds is 4. The molecule has 3 nitrogen and oxygen atoms in total. The topological polar surface area (TPSA) is 45.1 Å². The predicted octanol–water partition coefficient (Wildman–Crippen LogP) is 1.74. The van der Waals surface area contributed by atoms with Gasteiger partial charge in [0.1, 0.15) is 5.01 Å². The van der Waals surface area contributed by atoms with E-state index >= 15 is 0 Å². The van der Waals surface area contributed by atoms with Crippen molar-refractivity contribution in [2.24, 2.45) is 0 Å². The zero-order chi connectivity index (χ0) is 10.8. The molecule has 0 aromatic carbocycles. The van der Waals surface area contributed by atoms with Crippen LogP contribution in [0.25, 0.3) is 0 Å². The van der Waals surface area contributed by atoms with Crippen LogP contribution < -0.4 is 5.32 Å². The van der Waals surface area contributed by atoms with Crippen LogP contribution in [0, 0.1) is 0 Å². The van der Waals surface area contributed by atoms with E-state index in [-0.39, 0.29) is 5.54 Å². The van der Waals surface area contributed by atoms with Crippen molar-refractivity contribution in [1.29, 1.82) is 0 Å². The van der Waals surface area contributed by atoms with Gasteiger partial charge in [0.25, 0.3) is 0 Å². The Morgan fingerprint density at radius 1 is 1.43 bits per heavy atom. The van der Waals surface area contributed by atoms with Crippen molar-refractivity contribution in [3.63, 3.8) is 0 Å². The molecule has 2 N–H and O–H groups in total. The molecule has 0 fully saturated rings. The van der Waals surface area contributed by atoms with Gasteiger partial charge in [-0.25, -0.2) is 4.98 Å². The summed E-state index contributed by atoms with van der Waals surface area (Å²) < 4.78 is 0. The third kappa shape index (κ3) is 3.36. The van der Waals surface area contributed by atoms with Crippen LogP contribution in [0.3, 0.4) is 0 Å². The van der Waals surface area contributed by atoms with E-state index in [1.165, 1.54) is 0 Å². The molecule has 0 aliphatic carbocycles. The van der Waals surface area contributed by atoms with E-state index in [9.17, 15) is 5.11 Å². The van der Waals surface area contributed by atoms with Crippen LogP contribution in [-0.4, -0.2) is 22.2 Å². The fourth-order valence-electron chi connectivity index (χ4n) is 1.05. The van der Waals surface area contributed by atoms with Crippen molar-refractivity contribution in [2.45, 2.75) is 38.8 Å². The third-order valence-corrected chi connectivity index (χ3v) is 3.03. The van der Waals surface area contributed by atoms with Gasteiger partial charge in [-0.1, -0.05) is 0 Å². The molecule has 0 aliphatic rings. The number of nitrogens with one attached hydrogen (secondary N) is 1. The quantitative estimate of drug-likeness (QED) is 0.802. The maximum Gasteiger partial charge on any atom is 0.112 e. The second-order valence-electron chi connectivity index (χ2n) is 4.63. The minimum absolute atomic E-state index is 0.172. The predicted molar refractivity (Wildman–Crippen MR) is 59.4 cm³/mol. The van der Waals surface area contributed by atoms with Crippen LogP contribution in [-0.2, 0) is 5.54 Å². The SMILES string of the molecule is CC(C)(O)CNC(C)(C)c1nccs1. The Kier molecular flexibility index (Phi) is 3.29. The first-order chi connectivity index (χ1) is 6.31. The molecule has 0 saturated heterocycles. The zero-order valence-corrected chi connectivity index (χ0v) is 9.98. The molecule has 1 rings (SSSR count). The van der Waals surface area contributed by atoms with Gasteiger partial charge in [0.15, 0.2) is 0 Å². The van der Waals surface area contributed by atoms with E-state index in [0.29, 0.717) is 6.54 Å². The Hall–Kier alpha value is -0.450. The van der Waals surface area contributed by atoms with Gasteiger partial charge in [-0.2, -0.15) is 0 Å². The monoisotopic (exact) mass is 214 g/mol. The Morgan fingerprint density at radius 3 is 2.50 bits per heavy atom. The second-order valence-corrected chi connectivity index (χ2v) is 5.52. The molecule has 0 radical (unpaired) electrons. The van der Waals surface area contributed by atoms with Crippen molar-refractivity contribution in [1.82, 2.24) is 10.3 Å². The van der Waals surface area contributed by atoms with Crippen molar-refractivity contribution >= 4 is 11.3 Å². The Morgan fingerprint density at radius 2 is 2.07 bits per heavy atom. The summed E-state index contributed by atoms with van der Waals surface area (Å²) in [6.07, 6.45) is 1.80. The van der Waals surface area contributed by atoms with E-state index in [2.05, 4.69) is 24.1 Å². The molecule has 0 bridgehead atoms. The molecule has 1 heterocycles. The van der Waals surface area contributed by atoms with Gasteiger partial charge in [0.2, 0.25) is 0 Å². The highest BCUT2D eigenvalue weighted by Gasteiger charge is 2.25. The zero-order valence-electron chi connectivity index (χ0n) is 9.16. The number of hydrogen-bond acceptors (Lipinski definition) is 4. The summed E-state index contributed by atoms with van der Waals surface area (Å²) in [6, 6.07) is 0. The average molecular weight is 214 g/mol. The average Bonchev–Trinajstić information content (AvgIpc) is 2.52. The molecule has 1 aromatic heterocycles. The van der Waals surface area contributed by atoms with Gasteiger partial charge in [-0.15, -0.1) is 11.3 Å². The molecule has 0 aliphatic heterocycles. The van der Waals surface area contributed by atoms with E-state index in [4.69, 9.17) is 0 Å². The third-order valence-electron chi connectivity index (χ3n) is 1.93. The van der Waals surface area contributed by atoms with Crippen LogP contribution >= 0.6 is 11.3 Å². The van der Waals surface area contributed by atoms with Crippen LogP contribution in [0.4, 0.5) is 0 Å². The van der Waals surface area contributed by atoms with Gasteiger partial charge >= 0.3 is 0 Å². The highest BCUT2D eigenvalue weighted by molar-refractivity contribution is 7.09. The molecule has 0 saturated carbocycles. The van der Waals surface area contributed by atoms with E-state index in [1.807, 2.05) is 5.38 Å². The molecule has 1 aromatic rings. The van der Waals surface area contributed by atoms with Crippen LogP contribution in [0.1, 0.15) is 32.7 Å². The summed E-state index contributed by atoms with van der Waals surface area (Å²) in [4.78, 5) is 4.26. The highest BCUT2D eigenvalue weighted by atomic mass is 32.1. The van der Waals surface area contributed by atoms with Crippen molar-refractivity contribution < 1.29 is 5.11 Å². The maximum absolute atomic E-state index is 9.60. The lowest BCUT2D eigenvalue weighted by atomic mass is 10.0. The number of nitrogens with zero attached hydrogens (tertiary/aromatic N) is 1. The normalized spacial score (nSPS) is 13.2. The molecule has 0 spiro atoms. The number of aliphatic hydroxyl groups is 1. The van der Waals surface area contributed by atoms with Gasteiger partial charge in [0.05, 0.1) is 11.1 Å².